The van der Waals surface area contributed by atoms with Crippen LogP contribution in [0.15, 0.2) is 47.6 Å². The zero-order valence-corrected chi connectivity index (χ0v) is 14.6. The van der Waals surface area contributed by atoms with Crippen molar-refractivity contribution in [3.8, 4) is 5.69 Å². The summed E-state index contributed by atoms with van der Waals surface area (Å²) in [6, 6.07) is 11.0. The van der Waals surface area contributed by atoms with Crippen LogP contribution < -0.4 is 5.32 Å². The molecule has 0 bridgehead atoms. The highest BCUT2D eigenvalue weighted by Gasteiger charge is 2.11. The summed E-state index contributed by atoms with van der Waals surface area (Å²) in [7, 11) is 0. The third kappa shape index (κ3) is 4.42. The number of hydrogen-bond acceptors (Lipinski definition) is 5. The van der Waals surface area contributed by atoms with Gasteiger partial charge in [0.15, 0.2) is 11.6 Å². The molecule has 3 rings (SSSR count). The first-order valence-corrected chi connectivity index (χ1v) is 8.74. The molecule has 0 atom stereocenters. The largest absolute Gasteiger partial charge is 0.326 e. The Kier molecular flexibility index (Phi) is 5.57. The summed E-state index contributed by atoms with van der Waals surface area (Å²) in [6.45, 7) is 1.99. The van der Waals surface area contributed by atoms with Crippen molar-refractivity contribution < 1.29 is 13.6 Å². The fourth-order valence-electron chi connectivity index (χ4n) is 2.15. The molecule has 26 heavy (non-hydrogen) atoms. The van der Waals surface area contributed by atoms with E-state index in [9.17, 15) is 13.6 Å². The van der Waals surface area contributed by atoms with Gasteiger partial charge in [-0.05, 0) is 41.6 Å². The number of rotatable bonds is 6. The molecule has 0 unspecified atom stereocenters. The van der Waals surface area contributed by atoms with E-state index < -0.39 is 11.6 Å². The van der Waals surface area contributed by atoms with Crippen LogP contribution in [0.25, 0.3) is 5.69 Å². The molecule has 6 nitrogen and oxygen atoms in total. The Morgan fingerprint density at radius 2 is 1.92 bits per heavy atom. The first-order chi connectivity index (χ1) is 12.5. The number of aryl methyl sites for hydroxylation is 1. The van der Waals surface area contributed by atoms with E-state index in [1.54, 1.807) is 4.68 Å². The lowest BCUT2D eigenvalue weighted by Crippen LogP contribution is -2.12. The van der Waals surface area contributed by atoms with Gasteiger partial charge in [0.1, 0.15) is 0 Å². The van der Waals surface area contributed by atoms with Gasteiger partial charge in [-0.25, -0.2) is 8.78 Å². The second kappa shape index (κ2) is 8.05. The van der Waals surface area contributed by atoms with Crippen molar-refractivity contribution in [3.63, 3.8) is 0 Å². The van der Waals surface area contributed by atoms with Crippen molar-refractivity contribution in [2.75, 3.05) is 11.1 Å². The summed E-state index contributed by atoms with van der Waals surface area (Å²) in [5.41, 5.74) is 2.17. The fourth-order valence-corrected chi connectivity index (χ4v) is 2.98. The number of hydrogen-bond donors (Lipinski definition) is 1. The molecule has 2 aromatic carbocycles. The van der Waals surface area contributed by atoms with Gasteiger partial charge in [-0.15, -0.1) is 5.10 Å². The molecule has 1 heterocycles. The number of thioether (sulfide) groups is 1. The normalized spacial score (nSPS) is 10.7. The van der Waals surface area contributed by atoms with Gasteiger partial charge in [0.2, 0.25) is 11.1 Å². The lowest BCUT2D eigenvalue weighted by Gasteiger charge is -2.06. The van der Waals surface area contributed by atoms with Crippen molar-refractivity contribution in [2.45, 2.75) is 18.5 Å². The van der Waals surface area contributed by atoms with Crippen molar-refractivity contribution in [1.29, 1.82) is 0 Å². The van der Waals surface area contributed by atoms with Gasteiger partial charge in [0, 0.05) is 23.9 Å². The molecule has 0 saturated heterocycles. The lowest BCUT2D eigenvalue weighted by molar-refractivity contribution is -0.115. The topological polar surface area (TPSA) is 72.7 Å². The molecular weight excluding hydrogens is 360 g/mol. The Labute approximate surface area is 152 Å². The Balaban J connectivity index is 1.55. The van der Waals surface area contributed by atoms with Crippen LogP contribution in [0.5, 0.6) is 0 Å². The van der Waals surface area contributed by atoms with Gasteiger partial charge in [0.25, 0.3) is 0 Å². The zero-order valence-electron chi connectivity index (χ0n) is 13.8. The fraction of sp³-hybridized carbons (Fsp3) is 0.176. The Bertz CT molecular complexity index is 914. The summed E-state index contributed by atoms with van der Waals surface area (Å²) in [4.78, 5) is 11.9. The Morgan fingerprint density at radius 1 is 1.15 bits per heavy atom. The molecule has 1 amide bonds. The molecule has 1 aromatic heterocycles. The molecule has 0 aliphatic rings. The van der Waals surface area contributed by atoms with Crippen LogP contribution in [-0.2, 0) is 4.79 Å². The monoisotopic (exact) mass is 375 g/mol. The Hall–Kier alpha value is -2.81. The maximum Gasteiger partial charge on any atom is 0.225 e. The third-order valence-corrected chi connectivity index (χ3v) is 4.40. The van der Waals surface area contributed by atoms with E-state index in [2.05, 4.69) is 20.8 Å². The number of benzene rings is 2. The highest BCUT2D eigenvalue weighted by Crippen LogP contribution is 2.20. The first-order valence-electron chi connectivity index (χ1n) is 7.76. The zero-order chi connectivity index (χ0) is 18.5. The third-order valence-electron chi connectivity index (χ3n) is 3.48. The highest BCUT2D eigenvalue weighted by molar-refractivity contribution is 7.99. The standard InChI is InChI=1S/C17H15F2N5OS/c1-11-2-5-13(6-3-11)24-17(21-22-23-24)26-9-8-16(25)20-12-4-7-14(18)15(19)10-12/h2-7,10H,8-9H2,1H3,(H,20,25). The van der Waals surface area contributed by atoms with Gasteiger partial charge in [-0.2, -0.15) is 4.68 Å². The minimum atomic E-state index is -1.01. The number of carbonyl (C=O) groups excluding carboxylic acids is 1. The number of nitrogens with one attached hydrogen (secondary N) is 1. The molecule has 0 aliphatic heterocycles. The van der Waals surface area contributed by atoms with Crippen LogP contribution in [0, 0.1) is 18.6 Å². The number of nitrogens with zero attached hydrogens (tertiary/aromatic N) is 4. The molecular formula is C17H15F2N5OS. The second-order valence-corrected chi connectivity index (χ2v) is 6.55. The minimum absolute atomic E-state index is 0.171. The average molecular weight is 375 g/mol. The van der Waals surface area contributed by atoms with E-state index in [4.69, 9.17) is 0 Å². The van der Waals surface area contributed by atoms with Gasteiger partial charge in [-0.1, -0.05) is 29.5 Å². The van der Waals surface area contributed by atoms with Crippen LogP contribution >= 0.6 is 11.8 Å². The van der Waals surface area contributed by atoms with Crippen LogP contribution in [-0.4, -0.2) is 31.9 Å². The minimum Gasteiger partial charge on any atom is -0.326 e. The molecule has 0 saturated carbocycles. The van der Waals surface area contributed by atoms with Gasteiger partial charge < -0.3 is 5.32 Å². The van der Waals surface area contributed by atoms with Crippen LogP contribution in [0.4, 0.5) is 14.5 Å². The predicted molar refractivity (Wildman–Crippen MR) is 94.2 cm³/mol. The van der Waals surface area contributed by atoms with E-state index in [0.29, 0.717) is 10.9 Å². The summed E-state index contributed by atoms with van der Waals surface area (Å²) in [5, 5.41) is 14.7. The number of amides is 1. The summed E-state index contributed by atoms with van der Waals surface area (Å²) < 4.78 is 27.6. The summed E-state index contributed by atoms with van der Waals surface area (Å²) in [5.74, 6) is -1.84. The molecule has 0 spiro atoms. The van der Waals surface area contributed by atoms with Crippen LogP contribution in [0.1, 0.15) is 12.0 Å². The molecule has 134 valence electrons. The number of anilines is 1. The molecule has 0 radical (unpaired) electrons. The SMILES string of the molecule is Cc1ccc(-n2nnnc2SCCC(=O)Nc2ccc(F)c(F)c2)cc1. The van der Waals surface area contributed by atoms with Crippen molar-refractivity contribution in [1.82, 2.24) is 20.2 Å². The predicted octanol–water partition coefficient (Wildman–Crippen LogP) is 3.37. The van der Waals surface area contributed by atoms with Crippen molar-refractivity contribution >= 4 is 23.4 Å². The second-order valence-electron chi connectivity index (χ2n) is 5.48. The van der Waals surface area contributed by atoms with Crippen molar-refractivity contribution in [2.24, 2.45) is 0 Å². The van der Waals surface area contributed by atoms with Gasteiger partial charge in [0.05, 0.1) is 5.69 Å². The van der Waals surface area contributed by atoms with E-state index in [1.807, 2.05) is 31.2 Å². The van der Waals surface area contributed by atoms with E-state index >= 15 is 0 Å². The molecule has 1 N–H and O–H groups in total. The number of tetrazole rings is 1. The number of aromatic nitrogens is 4. The Morgan fingerprint density at radius 3 is 2.65 bits per heavy atom. The first kappa shape index (κ1) is 18.0. The van der Waals surface area contributed by atoms with Crippen LogP contribution in [0.2, 0.25) is 0 Å². The quantitative estimate of drug-likeness (QED) is 0.669. The summed E-state index contributed by atoms with van der Waals surface area (Å²) >= 11 is 1.33. The van der Waals surface area contributed by atoms with Crippen LogP contribution in [0.3, 0.4) is 0 Å². The molecule has 0 aliphatic carbocycles. The number of halogens is 2. The molecule has 0 fully saturated rings. The molecule has 3 aromatic rings. The lowest BCUT2D eigenvalue weighted by atomic mass is 10.2. The highest BCUT2D eigenvalue weighted by atomic mass is 32.2. The average Bonchev–Trinajstić information content (AvgIpc) is 3.07. The van der Waals surface area contributed by atoms with E-state index in [1.165, 1.54) is 17.8 Å². The smallest absolute Gasteiger partial charge is 0.225 e. The maximum absolute atomic E-state index is 13.1. The molecule has 9 heteroatoms. The maximum atomic E-state index is 13.1. The van der Waals surface area contributed by atoms with Crippen molar-refractivity contribution in [3.05, 3.63) is 59.7 Å². The van der Waals surface area contributed by atoms with Gasteiger partial charge in [-0.3, -0.25) is 4.79 Å². The van der Waals surface area contributed by atoms with E-state index in [0.717, 1.165) is 23.4 Å². The summed E-state index contributed by atoms with van der Waals surface area (Å²) in [6.07, 6.45) is 0.171. The van der Waals surface area contributed by atoms with E-state index in [-0.39, 0.29) is 18.0 Å². The van der Waals surface area contributed by atoms with Gasteiger partial charge >= 0.3 is 0 Å². The number of carbonyl (C=O) groups is 1.